The maximum atomic E-state index is 12.3. The van der Waals surface area contributed by atoms with Gasteiger partial charge in [-0.1, -0.05) is 29.3 Å². The van der Waals surface area contributed by atoms with Gasteiger partial charge in [-0.2, -0.15) is 0 Å². The molecule has 3 amide bonds. The molecule has 1 heterocycles. The third-order valence-electron chi connectivity index (χ3n) is 4.45. The minimum atomic E-state index is -0.270. The smallest absolute Gasteiger partial charge is 0.409 e. The second kappa shape index (κ2) is 8.74. The van der Waals surface area contributed by atoms with Gasteiger partial charge in [-0.25, -0.2) is 9.59 Å². The van der Waals surface area contributed by atoms with Crippen molar-refractivity contribution in [2.45, 2.75) is 52.6 Å². The Kier molecular flexibility index (Phi) is 6.67. The fraction of sp³-hybridized carbons (Fsp3) is 0.579. The van der Waals surface area contributed by atoms with Gasteiger partial charge in [-0.15, -0.1) is 0 Å². The molecule has 25 heavy (non-hydrogen) atoms. The number of piperidine rings is 1. The minimum absolute atomic E-state index is 0.0572. The maximum Gasteiger partial charge on any atom is 0.409 e. The van der Waals surface area contributed by atoms with Gasteiger partial charge in [0, 0.05) is 19.1 Å². The lowest BCUT2D eigenvalue weighted by Crippen LogP contribution is -2.49. The Morgan fingerprint density at radius 1 is 1.20 bits per heavy atom. The van der Waals surface area contributed by atoms with Crippen molar-refractivity contribution in [2.24, 2.45) is 0 Å². The average molecular weight is 347 g/mol. The molecule has 0 spiro atoms. The number of benzene rings is 1. The van der Waals surface area contributed by atoms with Crippen LogP contribution in [-0.2, 0) is 4.74 Å². The van der Waals surface area contributed by atoms with Crippen molar-refractivity contribution >= 4 is 12.1 Å². The molecule has 0 radical (unpaired) electrons. The van der Waals surface area contributed by atoms with Crippen LogP contribution in [0.15, 0.2) is 18.2 Å². The van der Waals surface area contributed by atoms with Crippen LogP contribution in [0, 0.1) is 13.8 Å². The van der Waals surface area contributed by atoms with E-state index in [0.717, 1.165) is 18.4 Å². The average Bonchev–Trinajstić information content (AvgIpc) is 2.54. The predicted molar refractivity (Wildman–Crippen MR) is 97.6 cm³/mol. The number of aryl methyl sites for hydroxylation is 2. The van der Waals surface area contributed by atoms with E-state index < -0.39 is 0 Å². The molecule has 6 nitrogen and oxygen atoms in total. The fourth-order valence-corrected chi connectivity index (χ4v) is 3.19. The summed E-state index contributed by atoms with van der Waals surface area (Å²) in [4.78, 5) is 25.6. The van der Waals surface area contributed by atoms with Gasteiger partial charge in [-0.05, 0) is 46.1 Å². The van der Waals surface area contributed by atoms with Crippen molar-refractivity contribution in [3.8, 4) is 0 Å². The van der Waals surface area contributed by atoms with E-state index in [2.05, 4.69) is 42.7 Å². The molecule has 0 bridgehead atoms. The summed E-state index contributed by atoms with van der Waals surface area (Å²) in [6.45, 7) is 9.49. The Hall–Kier alpha value is -2.24. The highest BCUT2D eigenvalue weighted by Gasteiger charge is 2.24. The lowest BCUT2D eigenvalue weighted by Gasteiger charge is -2.31. The van der Waals surface area contributed by atoms with Gasteiger partial charge in [0.2, 0.25) is 0 Å². The Morgan fingerprint density at radius 2 is 1.80 bits per heavy atom. The number of nitrogens with zero attached hydrogens (tertiary/aromatic N) is 1. The van der Waals surface area contributed by atoms with E-state index in [-0.39, 0.29) is 24.2 Å². The number of nitrogens with one attached hydrogen (secondary N) is 2. The molecule has 2 rings (SSSR count). The van der Waals surface area contributed by atoms with Gasteiger partial charge in [0.15, 0.2) is 0 Å². The van der Waals surface area contributed by atoms with Crippen LogP contribution in [0.5, 0.6) is 0 Å². The summed E-state index contributed by atoms with van der Waals surface area (Å²) in [5, 5.41) is 6.01. The lowest BCUT2D eigenvalue weighted by atomic mass is 10.0. The highest BCUT2D eigenvalue weighted by Crippen LogP contribution is 2.17. The largest absolute Gasteiger partial charge is 0.450 e. The molecular weight excluding hydrogens is 318 g/mol. The maximum absolute atomic E-state index is 12.3. The number of carbonyl (C=O) groups excluding carboxylic acids is 2. The van der Waals surface area contributed by atoms with Crippen LogP contribution in [0.2, 0.25) is 0 Å². The first kappa shape index (κ1) is 19.1. The van der Waals surface area contributed by atoms with Gasteiger partial charge in [-0.3, -0.25) is 0 Å². The molecule has 1 atom stereocenters. The summed E-state index contributed by atoms with van der Waals surface area (Å²) >= 11 is 0. The third-order valence-corrected chi connectivity index (χ3v) is 4.45. The molecule has 1 aromatic rings. The van der Waals surface area contributed by atoms with E-state index >= 15 is 0 Å². The number of ether oxygens (including phenoxy) is 1. The van der Waals surface area contributed by atoms with Crippen LogP contribution in [0.3, 0.4) is 0 Å². The quantitative estimate of drug-likeness (QED) is 0.878. The van der Waals surface area contributed by atoms with Gasteiger partial charge in [0.1, 0.15) is 0 Å². The summed E-state index contributed by atoms with van der Waals surface area (Å²) in [6.07, 6.45) is 1.21. The molecule has 6 heteroatoms. The van der Waals surface area contributed by atoms with Crippen LogP contribution < -0.4 is 10.6 Å². The summed E-state index contributed by atoms with van der Waals surface area (Å²) in [6, 6.07) is 6.16. The van der Waals surface area contributed by atoms with Crippen LogP contribution >= 0.6 is 0 Å². The number of hydrogen-bond acceptors (Lipinski definition) is 3. The van der Waals surface area contributed by atoms with Gasteiger partial charge < -0.3 is 20.3 Å². The van der Waals surface area contributed by atoms with E-state index in [0.29, 0.717) is 19.7 Å². The van der Waals surface area contributed by atoms with Gasteiger partial charge in [0.25, 0.3) is 0 Å². The number of hydrogen-bond donors (Lipinski definition) is 2. The number of amides is 3. The zero-order valence-electron chi connectivity index (χ0n) is 15.6. The zero-order valence-corrected chi connectivity index (χ0v) is 15.6. The number of urea groups is 1. The van der Waals surface area contributed by atoms with E-state index in [1.807, 2.05) is 6.92 Å². The molecule has 1 fully saturated rings. The number of rotatable bonds is 4. The number of likely N-dealkylation sites (tertiary alicyclic amines) is 1. The highest BCUT2D eigenvalue weighted by atomic mass is 16.6. The summed E-state index contributed by atoms with van der Waals surface area (Å²) in [5.74, 6) is 0. The molecule has 1 aromatic carbocycles. The number of carbonyl (C=O) groups is 2. The van der Waals surface area contributed by atoms with Crippen LogP contribution in [0.25, 0.3) is 0 Å². The molecule has 1 unspecified atom stereocenters. The normalized spacial score (nSPS) is 16.2. The second-order valence-corrected chi connectivity index (χ2v) is 6.72. The molecule has 1 aliphatic rings. The van der Waals surface area contributed by atoms with Crippen LogP contribution in [-0.4, -0.2) is 42.8 Å². The highest BCUT2D eigenvalue weighted by molar-refractivity contribution is 5.75. The molecule has 1 saturated heterocycles. The molecule has 0 aliphatic carbocycles. The van der Waals surface area contributed by atoms with Crippen molar-refractivity contribution in [3.05, 3.63) is 34.9 Å². The van der Waals surface area contributed by atoms with E-state index in [1.54, 1.807) is 11.8 Å². The van der Waals surface area contributed by atoms with Crippen molar-refractivity contribution in [2.75, 3.05) is 19.7 Å². The third kappa shape index (κ3) is 5.66. The first-order chi connectivity index (χ1) is 11.9. The molecule has 0 aromatic heterocycles. The first-order valence-corrected chi connectivity index (χ1v) is 8.96. The van der Waals surface area contributed by atoms with Crippen molar-refractivity contribution in [1.29, 1.82) is 0 Å². The Balaban J connectivity index is 1.80. The monoisotopic (exact) mass is 347 g/mol. The molecule has 1 aliphatic heterocycles. The summed E-state index contributed by atoms with van der Waals surface area (Å²) in [5.41, 5.74) is 3.48. The van der Waals surface area contributed by atoms with Crippen molar-refractivity contribution < 1.29 is 14.3 Å². The summed E-state index contributed by atoms with van der Waals surface area (Å²) in [7, 11) is 0. The SMILES string of the molecule is CCOC(=O)N1CCC(NC(=O)NC(C)c2cc(C)cc(C)c2)CC1. The predicted octanol–water partition coefficient (Wildman–Crippen LogP) is 3.28. The standard InChI is InChI=1S/C19H29N3O3/c1-5-25-19(24)22-8-6-17(7-9-22)21-18(23)20-15(4)16-11-13(2)10-14(3)12-16/h10-12,15,17H,5-9H2,1-4H3,(H2,20,21,23). The Labute approximate surface area is 149 Å². The van der Waals surface area contributed by atoms with E-state index in [4.69, 9.17) is 4.74 Å². The minimum Gasteiger partial charge on any atom is -0.450 e. The Morgan fingerprint density at radius 3 is 2.36 bits per heavy atom. The zero-order chi connectivity index (χ0) is 18.4. The molecule has 138 valence electrons. The van der Waals surface area contributed by atoms with Crippen molar-refractivity contribution in [1.82, 2.24) is 15.5 Å². The fourth-order valence-electron chi connectivity index (χ4n) is 3.19. The van der Waals surface area contributed by atoms with Gasteiger partial charge in [0.05, 0.1) is 12.6 Å². The lowest BCUT2D eigenvalue weighted by molar-refractivity contribution is 0.0957. The Bertz CT molecular complexity index is 590. The second-order valence-electron chi connectivity index (χ2n) is 6.72. The summed E-state index contributed by atoms with van der Waals surface area (Å²) < 4.78 is 5.01. The van der Waals surface area contributed by atoms with Crippen LogP contribution in [0.1, 0.15) is 49.4 Å². The van der Waals surface area contributed by atoms with E-state index in [1.165, 1.54) is 11.1 Å². The molecule has 2 N–H and O–H groups in total. The van der Waals surface area contributed by atoms with Crippen LogP contribution in [0.4, 0.5) is 9.59 Å². The van der Waals surface area contributed by atoms with E-state index in [9.17, 15) is 9.59 Å². The van der Waals surface area contributed by atoms with Crippen molar-refractivity contribution in [3.63, 3.8) is 0 Å². The topological polar surface area (TPSA) is 70.7 Å². The van der Waals surface area contributed by atoms with Gasteiger partial charge >= 0.3 is 12.1 Å². The first-order valence-electron chi connectivity index (χ1n) is 8.96. The molecular formula is C19H29N3O3. The molecule has 0 saturated carbocycles.